The van der Waals surface area contributed by atoms with E-state index in [2.05, 4.69) is 19.9 Å². The van der Waals surface area contributed by atoms with Crippen LogP contribution in [0, 0.1) is 12.8 Å². The molecule has 31 heavy (non-hydrogen) atoms. The Morgan fingerprint density at radius 1 is 1.23 bits per heavy atom. The van der Waals surface area contributed by atoms with E-state index in [0.29, 0.717) is 35.8 Å². The Morgan fingerprint density at radius 2 is 1.97 bits per heavy atom. The van der Waals surface area contributed by atoms with Crippen LogP contribution in [0.2, 0.25) is 5.02 Å². The van der Waals surface area contributed by atoms with Crippen LogP contribution >= 0.6 is 11.6 Å². The van der Waals surface area contributed by atoms with E-state index in [9.17, 15) is 14.4 Å². The number of nitrogens with zero attached hydrogens (tertiary/aromatic N) is 4. The second kappa shape index (κ2) is 8.76. The van der Waals surface area contributed by atoms with Gasteiger partial charge in [-0.3, -0.25) is 14.6 Å². The van der Waals surface area contributed by atoms with E-state index in [-0.39, 0.29) is 23.4 Å². The topological polar surface area (TPSA) is 110 Å². The first kappa shape index (κ1) is 21.5. The number of halogens is 1. The van der Waals surface area contributed by atoms with Crippen LogP contribution in [-0.4, -0.2) is 56.6 Å². The van der Waals surface area contributed by atoms with E-state index in [1.54, 1.807) is 6.07 Å². The molecule has 0 aliphatic carbocycles. The maximum Gasteiger partial charge on any atom is 0.349 e. The first-order valence-corrected chi connectivity index (χ1v) is 10.7. The Balaban J connectivity index is 1.63. The lowest BCUT2D eigenvalue weighted by Gasteiger charge is -2.31. The highest BCUT2D eigenvalue weighted by Gasteiger charge is 2.26. The van der Waals surface area contributed by atoms with Gasteiger partial charge in [-0.15, -0.1) is 0 Å². The molecule has 3 aliphatic rings. The summed E-state index contributed by atoms with van der Waals surface area (Å²) >= 11 is 6.35. The lowest BCUT2D eigenvalue weighted by atomic mass is 9.97. The molecule has 3 aliphatic heterocycles. The summed E-state index contributed by atoms with van der Waals surface area (Å²) in [6.45, 7) is 6.78. The van der Waals surface area contributed by atoms with E-state index < -0.39 is 11.2 Å². The number of fused-ring (bicyclic) bond motifs is 2. The first-order chi connectivity index (χ1) is 14.9. The molecule has 0 atom stereocenters. The number of aromatic nitrogens is 4. The molecule has 9 nitrogen and oxygen atoms in total. The summed E-state index contributed by atoms with van der Waals surface area (Å²) in [7, 11) is 0. The maximum atomic E-state index is 12.4. The average molecular weight is 446 g/mol. The summed E-state index contributed by atoms with van der Waals surface area (Å²) < 4.78 is 6.96. The normalized spacial score (nSPS) is 15.6. The molecule has 0 bridgehead atoms. The van der Waals surface area contributed by atoms with E-state index in [4.69, 9.17) is 16.3 Å². The third-order valence-corrected chi connectivity index (χ3v) is 6.14. The van der Waals surface area contributed by atoms with Gasteiger partial charge in [0.2, 0.25) is 0 Å². The average Bonchev–Trinajstić information content (AvgIpc) is 2.73. The number of aryl methyl sites for hydroxylation is 1. The Labute approximate surface area is 183 Å². The number of likely N-dealkylation sites (tertiary alicyclic amines) is 1. The molecule has 0 aromatic heterocycles. The molecule has 0 radical (unpaired) electrons. The minimum absolute atomic E-state index is 0.0588. The van der Waals surface area contributed by atoms with Crippen molar-refractivity contribution in [3.05, 3.63) is 43.6 Å². The highest BCUT2D eigenvalue weighted by molar-refractivity contribution is 6.32. The van der Waals surface area contributed by atoms with Crippen LogP contribution in [0.25, 0.3) is 22.6 Å². The third kappa shape index (κ3) is 4.33. The summed E-state index contributed by atoms with van der Waals surface area (Å²) in [6.07, 6.45) is 1.49. The minimum atomic E-state index is -0.708. The van der Waals surface area contributed by atoms with Gasteiger partial charge < -0.3 is 14.2 Å². The summed E-state index contributed by atoms with van der Waals surface area (Å²) in [5.41, 5.74) is 1.02. The molecule has 0 spiro atoms. The molecule has 1 fully saturated rings. The standard InChI is InChI=1S/C21H24ClN5O4/c1-3-31-20(29)13-4-6-26(7-5-13)8-9-27-16-11-14(22)12(2)10-15(16)23-17-18(27)24-21(30)25-19(17)28/h10-11,13H,3-9H2,1-2H3,(H,25,28,30). The molecule has 0 amide bonds. The number of hydrogen-bond donors (Lipinski definition) is 1. The number of hydrogen-bond acceptors (Lipinski definition) is 7. The second-order valence-corrected chi connectivity index (χ2v) is 8.17. The van der Waals surface area contributed by atoms with Crippen molar-refractivity contribution in [1.29, 1.82) is 0 Å². The van der Waals surface area contributed by atoms with Crippen molar-refractivity contribution >= 4 is 28.6 Å². The van der Waals surface area contributed by atoms with Crippen LogP contribution in [0.5, 0.6) is 0 Å². The first-order valence-electron chi connectivity index (χ1n) is 10.4. The van der Waals surface area contributed by atoms with E-state index in [1.165, 1.54) is 0 Å². The van der Waals surface area contributed by atoms with Gasteiger partial charge in [0.05, 0.1) is 23.6 Å². The van der Waals surface area contributed by atoms with Crippen LogP contribution in [0.4, 0.5) is 0 Å². The number of aromatic amines is 1. The third-order valence-electron chi connectivity index (χ3n) is 5.74. The highest BCUT2D eigenvalue weighted by Crippen LogP contribution is 2.27. The lowest BCUT2D eigenvalue weighted by molar-refractivity contribution is -0.149. The molecule has 1 aromatic carbocycles. The van der Waals surface area contributed by atoms with Crippen LogP contribution in [0.15, 0.2) is 21.7 Å². The van der Waals surface area contributed by atoms with Gasteiger partial charge in [0.25, 0.3) is 5.56 Å². The van der Waals surface area contributed by atoms with E-state index in [0.717, 1.165) is 31.5 Å². The number of benzene rings is 1. The fourth-order valence-corrected chi connectivity index (χ4v) is 4.20. The minimum Gasteiger partial charge on any atom is -0.466 e. The van der Waals surface area contributed by atoms with Crippen molar-refractivity contribution in [2.75, 3.05) is 26.2 Å². The van der Waals surface area contributed by atoms with Crippen LogP contribution in [0.3, 0.4) is 0 Å². The molecule has 3 heterocycles. The Kier molecular flexibility index (Phi) is 6.06. The molecule has 0 unspecified atom stereocenters. The number of H-pyrrole nitrogens is 1. The maximum absolute atomic E-state index is 12.4. The van der Waals surface area contributed by atoms with Gasteiger partial charge in [-0.1, -0.05) is 11.6 Å². The number of piperidine rings is 1. The zero-order valence-corrected chi connectivity index (χ0v) is 18.2. The van der Waals surface area contributed by atoms with Gasteiger partial charge in [-0.2, -0.15) is 4.98 Å². The lowest BCUT2D eigenvalue weighted by Crippen LogP contribution is -2.39. The zero-order valence-electron chi connectivity index (χ0n) is 17.5. The largest absolute Gasteiger partial charge is 0.466 e. The quantitative estimate of drug-likeness (QED) is 0.471. The van der Waals surface area contributed by atoms with Gasteiger partial charge in [-0.25, -0.2) is 9.78 Å². The molecule has 1 saturated heterocycles. The molecular weight excluding hydrogens is 422 g/mol. The van der Waals surface area contributed by atoms with Crippen LogP contribution < -0.4 is 11.2 Å². The molecule has 4 rings (SSSR count). The molecular formula is C21H24ClN5O4. The molecule has 1 aromatic rings. The Bertz CT molecular complexity index is 1210. The fraction of sp³-hybridized carbons (Fsp3) is 0.476. The monoisotopic (exact) mass is 445 g/mol. The van der Waals surface area contributed by atoms with Crippen molar-refractivity contribution in [3.63, 3.8) is 0 Å². The van der Waals surface area contributed by atoms with Crippen molar-refractivity contribution in [1.82, 2.24) is 24.4 Å². The number of rotatable bonds is 5. The highest BCUT2D eigenvalue weighted by atomic mass is 35.5. The van der Waals surface area contributed by atoms with Gasteiger partial charge in [0.15, 0.2) is 11.5 Å². The smallest absolute Gasteiger partial charge is 0.349 e. The van der Waals surface area contributed by atoms with Crippen molar-refractivity contribution < 1.29 is 9.53 Å². The number of carbonyl (C=O) groups excluding carboxylic acids is 1. The van der Waals surface area contributed by atoms with Gasteiger partial charge >= 0.3 is 11.7 Å². The summed E-state index contributed by atoms with van der Waals surface area (Å²) in [6, 6.07) is 3.61. The molecule has 0 saturated carbocycles. The van der Waals surface area contributed by atoms with E-state index in [1.807, 2.05) is 24.5 Å². The second-order valence-electron chi connectivity index (χ2n) is 7.76. The summed E-state index contributed by atoms with van der Waals surface area (Å²) in [5.74, 6) is 0.0538. The van der Waals surface area contributed by atoms with Crippen LogP contribution in [-0.2, 0) is 16.1 Å². The SMILES string of the molecule is CCOC(=O)C1CCN(CCn2c3nc(=O)[nH]c(=O)c-3nc3cc(C)c(Cl)cc32)CC1. The summed E-state index contributed by atoms with van der Waals surface area (Å²) in [4.78, 5) is 49.1. The van der Waals surface area contributed by atoms with Gasteiger partial charge in [0, 0.05) is 18.1 Å². The Hall–Kier alpha value is -2.78. The predicted octanol–water partition coefficient (Wildman–Crippen LogP) is 1.82. The number of carbonyl (C=O) groups is 1. The molecule has 1 N–H and O–H groups in total. The van der Waals surface area contributed by atoms with Crippen molar-refractivity contribution in [3.8, 4) is 11.5 Å². The predicted molar refractivity (Wildman–Crippen MR) is 117 cm³/mol. The van der Waals surface area contributed by atoms with Gasteiger partial charge in [0.1, 0.15) is 0 Å². The van der Waals surface area contributed by atoms with Gasteiger partial charge in [-0.05, 0) is 57.5 Å². The number of nitrogens with one attached hydrogen (secondary N) is 1. The Morgan fingerprint density at radius 3 is 2.68 bits per heavy atom. The molecule has 10 heteroatoms. The van der Waals surface area contributed by atoms with E-state index >= 15 is 0 Å². The summed E-state index contributed by atoms with van der Waals surface area (Å²) in [5, 5.41) is 0.574. The molecule has 164 valence electrons. The fourth-order valence-electron chi connectivity index (χ4n) is 4.04. The van der Waals surface area contributed by atoms with Crippen molar-refractivity contribution in [2.24, 2.45) is 5.92 Å². The van der Waals surface area contributed by atoms with Crippen molar-refractivity contribution in [2.45, 2.75) is 33.2 Å². The zero-order chi connectivity index (χ0) is 22.1. The number of esters is 1. The van der Waals surface area contributed by atoms with Crippen LogP contribution in [0.1, 0.15) is 25.3 Å². The number of ether oxygens (including phenoxy) is 1.